The van der Waals surface area contributed by atoms with Crippen LogP contribution in [0.1, 0.15) is 12.5 Å². The average molecular weight is 430 g/mol. The lowest BCUT2D eigenvalue weighted by atomic mass is 10.2. The predicted molar refractivity (Wildman–Crippen MR) is 98.6 cm³/mol. The summed E-state index contributed by atoms with van der Waals surface area (Å²) in [5, 5.41) is 0.331. The fourth-order valence-corrected chi connectivity index (χ4v) is 3.79. The van der Waals surface area contributed by atoms with Gasteiger partial charge in [-0.1, -0.05) is 0 Å². The number of rotatable bonds is 8. The molecule has 12 heteroatoms. The van der Waals surface area contributed by atoms with E-state index in [0.717, 1.165) is 6.20 Å². The quantitative estimate of drug-likeness (QED) is 0.568. The van der Waals surface area contributed by atoms with Crippen molar-refractivity contribution in [3.8, 4) is 11.6 Å². The number of aromatic amines is 1. The van der Waals surface area contributed by atoms with Gasteiger partial charge in [-0.25, -0.2) is 31.3 Å². The van der Waals surface area contributed by atoms with Crippen molar-refractivity contribution in [2.24, 2.45) is 0 Å². The highest BCUT2D eigenvalue weighted by molar-refractivity contribution is 7.93. The fourth-order valence-electron chi connectivity index (χ4n) is 2.66. The molecule has 3 rings (SSSR count). The Morgan fingerprint density at radius 2 is 2.03 bits per heavy atom. The van der Waals surface area contributed by atoms with Crippen LogP contribution in [0.25, 0.3) is 10.9 Å². The van der Waals surface area contributed by atoms with E-state index >= 15 is 0 Å². The van der Waals surface area contributed by atoms with Gasteiger partial charge in [-0.05, 0) is 12.1 Å². The molecule has 0 bridgehead atoms. The summed E-state index contributed by atoms with van der Waals surface area (Å²) in [7, 11) is -2.89. The molecule has 0 spiro atoms. The van der Waals surface area contributed by atoms with E-state index in [1.54, 1.807) is 0 Å². The SMILES string of the molecule is COc1nc(NS(=O)(=O)c2c[nH]c3cc(OC(C)F)ccc23)ncc1CC(F)F. The molecule has 29 heavy (non-hydrogen) atoms. The first-order chi connectivity index (χ1) is 13.7. The van der Waals surface area contributed by atoms with Crippen LogP contribution in [0, 0.1) is 0 Å². The molecule has 0 fully saturated rings. The second-order valence-electron chi connectivity index (χ2n) is 5.95. The number of methoxy groups -OCH3 is 1. The van der Waals surface area contributed by atoms with Crippen molar-refractivity contribution in [2.75, 3.05) is 11.8 Å². The molecule has 0 aliphatic heterocycles. The molecule has 8 nitrogen and oxygen atoms in total. The van der Waals surface area contributed by atoms with E-state index in [1.165, 1.54) is 38.4 Å². The number of alkyl halides is 3. The minimum Gasteiger partial charge on any atom is -0.481 e. The van der Waals surface area contributed by atoms with Gasteiger partial charge in [0.15, 0.2) is 0 Å². The molecule has 0 radical (unpaired) electrons. The van der Waals surface area contributed by atoms with E-state index in [4.69, 9.17) is 9.47 Å². The first kappa shape index (κ1) is 20.7. The van der Waals surface area contributed by atoms with Crippen LogP contribution < -0.4 is 14.2 Å². The number of anilines is 1. The van der Waals surface area contributed by atoms with Crippen LogP contribution >= 0.6 is 0 Å². The normalized spacial score (nSPS) is 12.9. The molecular formula is C17H17F3N4O4S. The topological polar surface area (TPSA) is 106 Å². The number of hydrogen-bond acceptors (Lipinski definition) is 6. The lowest BCUT2D eigenvalue weighted by molar-refractivity contribution is 0.0862. The standard InChI is InChI=1S/C17H17F3N4O4S/c1-9(18)28-11-3-4-12-13(6-11)21-8-14(12)29(25,26)24-17-22-7-10(5-15(19)20)16(23-17)27-2/h3-4,6-9,15,21H,5H2,1-2H3,(H,22,23,24). The molecule has 2 heterocycles. The van der Waals surface area contributed by atoms with Gasteiger partial charge in [-0.3, -0.25) is 0 Å². The molecule has 0 aliphatic rings. The summed E-state index contributed by atoms with van der Waals surface area (Å²) in [6.07, 6.45) is -2.45. The number of fused-ring (bicyclic) bond motifs is 1. The second kappa shape index (κ2) is 8.15. The third kappa shape index (κ3) is 4.70. The maximum Gasteiger partial charge on any atom is 0.266 e. The van der Waals surface area contributed by atoms with E-state index < -0.39 is 29.2 Å². The molecule has 2 N–H and O–H groups in total. The van der Waals surface area contributed by atoms with Crippen molar-refractivity contribution in [1.82, 2.24) is 15.0 Å². The first-order valence-electron chi connectivity index (χ1n) is 8.32. The number of hydrogen-bond donors (Lipinski definition) is 2. The highest BCUT2D eigenvalue weighted by Crippen LogP contribution is 2.28. The van der Waals surface area contributed by atoms with E-state index in [9.17, 15) is 21.6 Å². The number of ether oxygens (including phenoxy) is 2. The van der Waals surface area contributed by atoms with Crippen molar-refractivity contribution < 1.29 is 31.1 Å². The van der Waals surface area contributed by atoms with Gasteiger partial charge in [0.25, 0.3) is 10.0 Å². The number of aromatic nitrogens is 3. The molecule has 1 unspecified atom stereocenters. The van der Waals surface area contributed by atoms with Gasteiger partial charge >= 0.3 is 0 Å². The number of H-pyrrole nitrogens is 1. The van der Waals surface area contributed by atoms with Crippen LogP contribution in [0.4, 0.5) is 19.1 Å². The van der Waals surface area contributed by atoms with Crippen LogP contribution in [-0.4, -0.2) is 43.3 Å². The van der Waals surface area contributed by atoms with Gasteiger partial charge < -0.3 is 14.5 Å². The van der Waals surface area contributed by atoms with E-state index in [1.807, 2.05) is 0 Å². The van der Waals surface area contributed by atoms with Gasteiger partial charge in [0.1, 0.15) is 10.6 Å². The maximum atomic E-state index is 13.0. The molecule has 156 valence electrons. The summed E-state index contributed by atoms with van der Waals surface area (Å²) >= 11 is 0. The lowest BCUT2D eigenvalue weighted by Gasteiger charge is -2.10. The Bertz CT molecular complexity index is 1120. The van der Waals surface area contributed by atoms with Gasteiger partial charge in [0.2, 0.25) is 24.6 Å². The third-order valence-electron chi connectivity index (χ3n) is 3.82. The van der Waals surface area contributed by atoms with Crippen molar-refractivity contribution in [3.63, 3.8) is 0 Å². The molecule has 0 aliphatic carbocycles. The number of nitrogens with zero attached hydrogens (tertiary/aromatic N) is 2. The summed E-state index contributed by atoms with van der Waals surface area (Å²) in [6.45, 7) is 1.22. The smallest absolute Gasteiger partial charge is 0.266 e. The van der Waals surface area contributed by atoms with Crippen LogP contribution in [0.3, 0.4) is 0 Å². The van der Waals surface area contributed by atoms with Crippen molar-refractivity contribution in [1.29, 1.82) is 0 Å². The third-order valence-corrected chi connectivity index (χ3v) is 5.19. The van der Waals surface area contributed by atoms with Crippen LogP contribution in [0.15, 0.2) is 35.5 Å². The van der Waals surface area contributed by atoms with Crippen LogP contribution in [-0.2, 0) is 16.4 Å². The molecule has 2 aromatic heterocycles. The summed E-state index contributed by atoms with van der Waals surface area (Å²) in [5.74, 6) is -0.256. The maximum absolute atomic E-state index is 13.0. The van der Waals surface area contributed by atoms with E-state index in [2.05, 4.69) is 19.7 Å². The average Bonchev–Trinajstić information content (AvgIpc) is 3.06. The lowest BCUT2D eigenvalue weighted by Crippen LogP contribution is -2.15. The molecule has 0 saturated heterocycles. The van der Waals surface area contributed by atoms with Crippen LogP contribution in [0.5, 0.6) is 11.6 Å². The van der Waals surface area contributed by atoms with E-state index in [-0.39, 0.29) is 28.0 Å². The number of nitrogens with one attached hydrogen (secondary N) is 2. The molecular weight excluding hydrogens is 413 g/mol. The zero-order chi connectivity index (χ0) is 21.2. The Labute approximate surface area is 164 Å². The molecule has 1 atom stereocenters. The molecule has 0 saturated carbocycles. The molecule has 0 amide bonds. The molecule has 3 aromatic rings. The highest BCUT2D eigenvalue weighted by Gasteiger charge is 2.22. The zero-order valence-corrected chi connectivity index (χ0v) is 16.1. The minimum absolute atomic E-state index is 0.0483. The molecule has 1 aromatic carbocycles. The first-order valence-corrected chi connectivity index (χ1v) is 9.80. The van der Waals surface area contributed by atoms with E-state index in [0.29, 0.717) is 10.9 Å². The highest BCUT2D eigenvalue weighted by atomic mass is 32.2. The van der Waals surface area contributed by atoms with Crippen LogP contribution in [0.2, 0.25) is 0 Å². The van der Waals surface area contributed by atoms with Gasteiger partial charge in [0, 0.05) is 42.8 Å². The summed E-state index contributed by atoms with van der Waals surface area (Å²) in [4.78, 5) is 10.3. The van der Waals surface area contributed by atoms with Gasteiger partial charge in [-0.15, -0.1) is 0 Å². The fraction of sp³-hybridized carbons (Fsp3) is 0.294. The van der Waals surface area contributed by atoms with Crippen molar-refractivity contribution in [2.45, 2.75) is 31.0 Å². The summed E-state index contributed by atoms with van der Waals surface area (Å²) in [5.41, 5.74) is 0.460. The Kier molecular flexibility index (Phi) is 5.82. The largest absolute Gasteiger partial charge is 0.481 e. The minimum atomic E-state index is -4.12. The zero-order valence-electron chi connectivity index (χ0n) is 15.3. The van der Waals surface area contributed by atoms with Crippen molar-refractivity contribution >= 4 is 26.9 Å². The van der Waals surface area contributed by atoms with Gasteiger partial charge in [-0.2, -0.15) is 4.98 Å². The Morgan fingerprint density at radius 3 is 2.69 bits per heavy atom. The Morgan fingerprint density at radius 1 is 1.28 bits per heavy atom. The monoisotopic (exact) mass is 430 g/mol. The van der Waals surface area contributed by atoms with Crippen molar-refractivity contribution in [3.05, 3.63) is 36.2 Å². The Balaban J connectivity index is 1.89. The van der Waals surface area contributed by atoms with Gasteiger partial charge in [0.05, 0.1) is 12.6 Å². The second-order valence-corrected chi connectivity index (χ2v) is 7.60. The number of benzene rings is 1. The predicted octanol–water partition coefficient (Wildman–Crippen LogP) is 3.27. The number of halogens is 3. The summed E-state index contributed by atoms with van der Waals surface area (Å²) in [6, 6.07) is 4.36. The summed E-state index contributed by atoms with van der Waals surface area (Å²) < 4.78 is 75.7. The Hall–Kier alpha value is -3.02. The number of sulfonamides is 1.